The summed E-state index contributed by atoms with van der Waals surface area (Å²) in [4.78, 5) is 0. The van der Waals surface area contributed by atoms with Crippen LogP contribution in [0, 0.1) is 6.92 Å². The molecule has 0 saturated carbocycles. The fraction of sp³-hybridized carbons (Fsp3) is 0.333. The molecule has 1 atom stereocenters. The second-order valence-electron chi connectivity index (χ2n) is 3.11. The topological polar surface area (TPSA) is 46.2 Å². The van der Waals surface area contributed by atoms with Gasteiger partial charge in [-0.15, -0.1) is 0 Å². The van der Waals surface area contributed by atoms with E-state index in [0.717, 1.165) is 5.56 Å². The molecule has 0 heterocycles. The Balaban J connectivity index is 2.85. The van der Waals surface area contributed by atoms with Crippen molar-refractivity contribution in [2.75, 3.05) is 4.72 Å². The first kappa shape index (κ1) is 11.4. The Labute approximate surface area is 90.0 Å². The molecule has 0 aromatic heterocycles. The van der Waals surface area contributed by atoms with Crippen molar-refractivity contribution in [2.24, 2.45) is 0 Å². The minimum absolute atomic E-state index is 0.566. The molecule has 1 unspecified atom stereocenters. The van der Waals surface area contributed by atoms with E-state index in [9.17, 15) is 8.42 Å². The Bertz CT molecular complexity index is 395. The number of aryl methyl sites for hydroxylation is 1. The molecule has 5 heteroatoms. The number of benzene rings is 1. The van der Waals surface area contributed by atoms with Gasteiger partial charge in [0.15, 0.2) is 0 Å². The molecular formula is C9H13NO2S2. The molecule has 0 fully saturated rings. The molecule has 1 N–H and O–H groups in total. The van der Waals surface area contributed by atoms with Gasteiger partial charge in [0.2, 0.25) is 10.0 Å². The standard InChI is InChI=1S/C9H13NO2S2/c1-7-3-5-9(6-4-7)10-14(11,12)8(2)13/h3-6,8,10,13H,1-2H3. The van der Waals surface area contributed by atoms with Crippen LogP contribution in [0.25, 0.3) is 0 Å². The molecular weight excluding hydrogens is 218 g/mol. The summed E-state index contributed by atoms with van der Waals surface area (Å²) < 4.78 is 24.5. The first-order valence-electron chi connectivity index (χ1n) is 4.18. The average molecular weight is 231 g/mol. The van der Waals surface area contributed by atoms with E-state index in [1.807, 2.05) is 19.1 Å². The van der Waals surface area contributed by atoms with Crippen molar-refractivity contribution >= 4 is 28.3 Å². The number of rotatable bonds is 3. The van der Waals surface area contributed by atoms with Gasteiger partial charge in [0.05, 0.1) is 0 Å². The second-order valence-corrected chi connectivity index (χ2v) is 6.24. The number of sulfonamides is 1. The summed E-state index contributed by atoms with van der Waals surface area (Å²) >= 11 is 3.88. The zero-order chi connectivity index (χ0) is 10.8. The molecule has 0 aliphatic carbocycles. The Hall–Kier alpha value is -0.680. The third-order valence-corrected chi connectivity index (χ3v) is 4.01. The van der Waals surface area contributed by atoms with Crippen molar-refractivity contribution in [2.45, 2.75) is 18.4 Å². The van der Waals surface area contributed by atoms with Crippen LogP contribution >= 0.6 is 12.6 Å². The number of hydrogen-bond acceptors (Lipinski definition) is 3. The van der Waals surface area contributed by atoms with Crippen molar-refractivity contribution in [3.8, 4) is 0 Å². The molecule has 0 saturated heterocycles. The van der Waals surface area contributed by atoms with E-state index in [2.05, 4.69) is 17.4 Å². The first-order valence-corrected chi connectivity index (χ1v) is 6.24. The van der Waals surface area contributed by atoms with E-state index in [1.165, 1.54) is 6.92 Å². The predicted molar refractivity (Wildman–Crippen MR) is 62.2 cm³/mol. The highest BCUT2D eigenvalue weighted by Crippen LogP contribution is 2.14. The van der Waals surface area contributed by atoms with E-state index >= 15 is 0 Å². The van der Waals surface area contributed by atoms with Crippen molar-refractivity contribution < 1.29 is 8.42 Å². The van der Waals surface area contributed by atoms with Crippen LogP contribution in [0.4, 0.5) is 5.69 Å². The molecule has 0 bridgehead atoms. The lowest BCUT2D eigenvalue weighted by atomic mass is 10.2. The Morgan fingerprint density at radius 1 is 1.29 bits per heavy atom. The van der Waals surface area contributed by atoms with Crippen LogP contribution in [0.3, 0.4) is 0 Å². The number of anilines is 1. The second kappa shape index (κ2) is 4.23. The maximum absolute atomic E-state index is 11.4. The highest BCUT2D eigenvalue weighted by molar-refractivity contribution is 8.05. The maximum atomic E-state index is 11.4. The zero-order valence-electron chi connectivity index (χ0n) is 8.06. The Morgan fingerprint density at radius 2 is 1.79 bits per heavy atom. The SMILES string of the molecule is Cc1ccc(NS(=O)(=O)C(C)S)cc1. The highest BCUT2D eigenvalue weighted by atomic mass is 32.3. The lowest BCUT2D eigenvalue weighted by molar-refractivity contribution is 0.600. The van der Waals surface area contributed by atoms with E-state index < -0.39 is 14.6 Å². The van der Waals surface area contributed by atoms with Crippen LogP contribution in [-0.4, -0.2) is 13.0 Å². The minimum Gasteiger partial charge on any atom is -0.283 e. The summed E-state index contributed by atoms with van der Waals surface area (Å²) in [6.45, 7) is 3.46. The van der Waals surface area contributed by atoms with Gasteiger partial charge in [-0.25, -0.2) is 8.42 Å². The predicted octanol–water partition coefficient (Wildman–Crippen LogP) is 2.01. The first-order chi connectivity index (χ1) is 6.42. The van der Waals surface area contributed by atoms with Crippen molar-refractivity contribution in [1.29, 1.82) is 0 Å². The summed E-state index contributed by atoms with van der Waals surface area (Å²) in [7, 11) is -3.35. The van der Waals surface area contributed by atoms with Gasteiger partial charge in [-0.2, -0.15) is 12.6 Å². The fourth-order valence-electron chi connectivity index (χ4n) is 0.871. The van der Waals surface area contributed by atoms with Crippen LogP contribution in [0.2, 0.25) is 0 Å². The molecule has 0 aliphatic rings. The third kappa shape index (κ3) is 2.92. The molecule has 0 aliphatic heterocycles. The van der Waals surface area contributed by atoms with Gasteiger partial charge in [0.25, 0.3) is 0 Å². The lowest BCUT2D eigenvalue weighted by Crippen LogP contribution is -2.20. The summed E-state index contributed by atoms with van der Waals surface area (Å²) in [5.41, 5.74) is 1.66. The summed E-state index contributed by atoms with van der Waals surface area (Å²) in [5, 5.41) is 0. The molecule has 1 aromatic rings. The van der Waals surface area contributed by atoms with Crippen molar-refractivity contribution in [1.82, 2.24) is 0 Å². The van der Waals surface area contributed by atoms with Gasteiger partial charge in [-0.3, -0.25) is 4.72 Å². The van der Waals surface area contributed by atoms with Gasteiger partial charge in [0.1, 0.15) is 4.58 Å². The van der Waals surface area contributed by atoms with Crippen LogP contribution in [-0.2, 0) is 10.0 Å². The summed E-state index contributed by atoms with van der Waals surface area (Å²) in [5.74, 6) is 0. The van der Waals surface area contributed by atoms with Crippen LogP contribution in [0.5, 0.6) is 0 Å². The van der Waals surface area contributed by atoms with Crippen LogP contribution in [0.15, 0.2) is 24.3 Å². The zero-order valence-corrected chi connectivity index (χ0v) is 9.77. The summed E-state index contributed by atoms with van der Waals surface area (Å²) in [6, 6.07) is 7.15. The third-order valence-electron chi connectivity index (χ3n) is 1.76. The lowest BCUT2D eigenvalue weighted by Gasteiger charge is -2.09. The van der Waals surface area contributed by atoms with Gasteiger partial charge in [-0.05, 0) is 26.0 Å². The molecule has 1 aromatic carbocycles. The number of hydrogen-bond donors (Lipinski definition) is 2. The van der Waals surface area contributed by atoms with Gasteiger partial charge in [-0.1, -0.05) is 17.7 Å². The smallest absolute Gasteiger partial charge is 0.244 e. The van der Waals surface area contributed by atoms with Crippen molar-refractivity contribution in [3.63, 3.8) is 0 Å². The molecule has 14 heavy (non-hydrogen) atoms. The van der Waals surface area contributed by atoms with Gasteiger partial charge >= 0.3 is 0 Å². The molecule has 1 rings (SSSR count). The van der Waals surface area contributed by atoms with E-state index in [0.29, 0.717) is 5.69 Å². The number of thiol groups is 1. The average Bonchev–Trinajstić information content (AvgIpc) is 2.08. The Kier molecular flexibility index (Phi) is 3.44. The summed E-state index contributed by atoms with van der Waals surface area (Å²) in [6.07, 6.45) is 0. The van der Waals surface area contributed by atoms with Crippen LogP contribution < -0.4 is 4.72 Å². The molecule has 0 spiro atoms. The normalized spacial score (nSPS) is 13.6. The quantitative estimate of drug-likeness (QED) is 0.782. The largest absolute Gasteiger partial charge is 0.283 e. The van der Waals surface area contributed by atoms with Gasteiger partial charge < -0.3 is 0 Å². The Morgan fingerprint density at radius 3 is 2.21 bits per heavy atom. The maximum Gasteiger partial charge on any atom is 0.244 e. The van der Waals surface area contributed by atoms with E-state index in [1.54, 1.807) is 12.1 Å². The monoisotopic (exact) mass is 231 g/mol. The molecule has 0 amide bonds. The van der Waals surface area contributed by atoms with Crippen LogP contribution in [0.1, 0.15) is 12.5 Å². The fourth-order valence-corrected chi connectivity index (χ4v) is 1.66. The molecule has 78 valence electrons. The van der Waals surface area contributed by atoms with Gasteiger partial charge in [0, 0.05) is 5.69 Å². The number of nitrogens with one attached hydrogen (secondary N) is 1. The highest BCUT2D eigenvalue weighted by Gasteiger charge is 2.15. The minimum atomic E-state index is -3.35. The van der Waals surface area contributed by atoms with E-state index in [4.69, 9.17) is 0 Å². The van der Waals surface area contributed by atoms with E-state index in [-0.39, 0.29) is 0 Å². The molecule has 0 radical (unpaired) electrons. The van der Waals surface area contributed by atoms with Crippen molar-refractivity contribution in [3.05, 3.63) is 29.8 Å². The molecule has 3 nitrogen and oxygen atoms in total.